The number of fused-ring (bicyclic) bond motifs is 1. The molecule has 0 atom stereocenters. The lowest BCUT2D eigenvalue weighted by Crippen LogP contribution is -2.24. The fraction of sp³-hybridized carbons (Fsp3) is 0.0800. The third kappa shape index (κ3) is 5.56. The first-order valence-electron chi connectivity index (χ1n) is 10.4. The molecule has 1 N–H and O–H groups in total. The van der Waals surface area contributed by atoms with Crippen molar-refractivity contribution >= 4 is 40.8 Å². The Morgan fingerprint density at radius 2 is 1.80 bits per heavy atom. The maximum Gasteiger partial charge on any atom is 0.266 e. The number of nitrogens with zero attached hydrogens (tertiary/aromatic N) is 3. The van der Waals surface area contributed by atoms with E-state index < -0.39 is 11.9 Å². The lowest BCUT2D eigenvalue weighted by molar-refractivity contribution is -0.255. The minimum absolute atomic E-state index is 0.0398. The molecule has 176 valence electrons. The zero-order valence-corrected chi connectivity index (χ0v) is 19.3. The summed E-state index contributed by atoms with van der Waals surface area (Å²) in [5, 5.41) is 15.5. The van der Waals surface area contributed by atoms with E-state index in [0.29, 0.717) is 33.1 Å². The number of nitrogens with one attached hydrogen (secondary N) is 1. The first kappa shape index (κ1) is 23.7. The van der Waals surface area contributed by atoms with Crippen LogP contribution in [0.1, 0.15) is 15.9 Å². The van der Waals surface area contributed by atoms with Crippen LogP contribution in [0, 0.1) is 0 Å². The van der Waals surface area contributed by atoms with Crippen LogP contribution in [0.5, 0.6) is 5.75 Å². The van der Waals surface area contributed by atoms with Crippen LogP contribution in [-0.4, -0.2) is 40.5 Å². The standard InChI is InChI=1S/C25H20N4O5S/c1-34-19-12-10-18(11-13-19)29-23(31)20-4-2-3-5-21(20)27-25(29)35-15-22(30)28-26-14-16-6-8-17(9-7-16)24(32)33/h2-14H,15H2,1H3,(H,28,30)(H,32,33)/p-1/b26-14-. The second-order valence-corrected chi connectivity index (χ2v) is 8.18. The molecule has 1 aromatic heterocycles. The SMILES string of the molecule is COc1ccc(-n2c(SCC(=O)N/N=C\c3ccc(C(=O)[O-])cc3)nc3ccccc3c2=O)cc1. The van der Waals surface area contributed by atoms with E-state index in [-0.39, 0.29) is 16.9 Å². The number of carbonyl (C=O) groups excluding carboxylic acids is 2. The summed E-state index contributed by atoms with van der Waals surface area (Å²) >= 11 is 1.10. The molecule has 0 aliphatic heterocycles. The van der Waals surface area contributed by atoms with Crippen molar-refractivity contribution in [3.8, 4) is 11.4 Å². The van der Waals surface area contributed by atoms with Crippen molar-refractivity contribution in [2.24, 2.45) is 5.10 Å². The monoisotopic (exact) mass is 487 g/mol. The van der Waals surface area contributed by atoms with Gasteiger partial charge < -0.3 is 14.6 Å². The molecular formula is C25H19N4O5S-. The molecule has 0 aliphatic carbocycles. The molecule has 3 aromatic carbocycles. The molecule has 9 nitrogen and oxygen atoms in total. The summed E-state index contributed by atoms with van der Waals surface area (Å²) in [6.45, 7) is 0. The van der Waals surface area contributed by atoms with Gasteiger partial charge in [-0.25, -0.2) is 10.4 Å². The maximum absolute atomic E-state index is 13.3. The average molecular weight is 488 g/mol. The van der Waals surface area contributed by atoms with Crippen LogP contribution in [0.3, 0.4) is 0 Å². The van der Waals surface area contributed by atoms with Crippen molar-refractivity contribution in [2.45, 2.75) is 5.16 Å². The Balaban J connectivity index is 1.52. The molecule has 0 unspecified atom stereocenters. The Morgan fingerprint density at radius 1 is 1.09 bits per heavy atom. The molecule has 0 saturated carbocycles. The summed E-state index contributed by atoms with van der Waals surface area (Å²) in [5.74, 6) is -1.06. The first-order chi connectivity index (χ1) is 17.0. The number of rotatable bonds is 8. The van der Waals surface area contributed by atoms with Gasteiger partial charge in [0.2, 0.25) is 0 Å². The number of amides is 1. The number of methoxy groups -OCH3 is 1. The Hall–Kier alpha value is -4.44. The van der Waals surface area contributed by atoms with Gasteiger partial charge in [0.25, 0.3) is 11.5 Å². The van der Waals surface area contributed by atoms with E-state index in [0.717, 1.165) is 11.8 Å². The Labute approximate surface area is 204 Å². The molecule has 0 bridgehead atoms. The smallest absolute Gasteiger partial charge is 0.266 e. The van der Waals surface area contributed by atoms with Crippen LogP contribution in [0.25, 0.3) is 16.6 Å². The maximum atomic E-state index is 13.3. The molecular weight excluding hydrogens is 468 g/mol. The van der Waals surface area contributed by atoms with Gasteiger partial charge >= 0.3 is 0 Å². The van der Waals surface area contributed by atoms with Crippen LogP contribution >= 0.6 is 11.8 Å². The Kier molecular flexibility index (Phi) is 7.22. The van der Waals surface area contributed by atoms with Crippen molar-refractivity contribution in [1.29, 1.82) is 0 Å². The van der Waals surface area contributed by atoms with Crippen LogP contribution in [0.2, 0.25) is 0 Å². The van der Waals surface area contributed by atoms with Crippen LogP contribution in [-0.2, 0) is 4.79 Å². The van der Waals surface area contributed by atoms with E-state index in [2.05, 4.69) is 15.5 Å². The van der Waals surface area contributed by atoms with Crippen molar-refractivity contribution in [3.05, 3.63) is 94.3 Å². The highest BCUT2D eigenvalue weighted by atomic mass is 32.2. The van der Waals surface area contributed by atoms with Gasteiger partial charge in [0, 0.05) is 0 Å². The largest absolute Gasteiger partial charge is 0.545 e. The predicted molar refractivity (Wildman–Crippen MR) is 131 cm³/mol. The number of hydrazone groups is 1. The number of benzene rings is 3. The Bertz CT molecular complexity index is 1460. The number of hydrogen-bond donors (Lipinski definition) is 1. The molecule has 0 aliphatic rings. The normalized spacial score (nSPS) is 11.0. The lowest BCUT2D eigenvalue weighted by Gasteiger charge is -2.13. The highest BCUT2D eigenvalue weighted by Crippen LogP contribution is 2.22. The van der Waals surface area contributed by atoms with E-state index in [1.165, 1.54) is 22.9 Å². The van der Waals surface area contributed by atoms with E-state index in [1.54, 1.807) is 67.8 Å². The number of carboxylic acids is 1. The van der Waals surface area contributed by atoms with Gasteiger partial charge in [0.1, 0.15) is 5.75 Å². The summed E-state index contributed by atoms with van der Waals surface area (Å²) in [6.07, 6.45) is 1.39. The highest BCUT2D eigenvalue weighted by molar-refractivity contribution is 7.99. The van der Waals surface area contributed by atoms with Crippen LogP contribution in [0.15, 0.2) is 87.8 Å². The average Bonchev–Trinajstić information content (AvgIpc) is 2.88. The molecule has 0 spiro atoms. The Morgan fingerprint density at radius 3 is 2.49 bits per heavy atom. The fourth-order valence-electron chi connectivity index (χ4n) is 3.21. The third-order valence-electron chi connectivity index (χ3n) is 4.96. The zero-order valence-electron chi connectivity index (χ0n) is 18.5. The molecule has 10 heteroatoms. The third-order valence-corrected chi connectivity index (χ3v) is 5.90. The highest BCUT2D eigenvalue weighted by Gasteiger charge is 2.15. The number of hydrogen-bond acceptors (Lipinski definition) is 8. The zero-order chi connectivity index (χ0) is 24.8. The molecule has 0 saturated heterocycles. The van der Waals surface area contributed by atoms with Gasteiger partial charge in [-0.05, 0) is 47.5 Å². The summed E-state index contributed by atoms with van der Waals surface area (Å²) in [7, 11) is 1.56. The molecule has 1 heterocycles. The van der Waals surface area contributed by atoms with Gasteiger partial charge in [-0.15, -0.1) is 0 Å². The fourth-order valence-corrected chi connectivity index (χ4v) is 4.02. The number of para-hydroxylation sites is 1. The molecule has 4 aromatic rings. The van der Waals surface area contributed by atoms with Crippen molar-refractivity contribution < 1.29 is 19.4 Å². The quantitative estimate of drug-likeness (QED) is 0.174. The number of aromatic nitrogens is 2. The summed E-state index contributed by atoms with van der Waals surface area (Å²) in [5.41, 5.74) is 3.94. The minimum Gasteiger partial charge on any atom is -0.545 e. The lowest BCUT2D eigenvalue weighted by atomic mass is 10.1. The predicted octanol–water partition coefficient (Wildman–Crippen LogP) is 2.00. The van der Waals surface area contributed by atoms with E-state index in [4.69, 9.17) is 4.74 Å². The molecule has 0 radical (unpaired) electrons. The van der Waals surface area contributed by atoms with Crippen LogP contribution in [0.4, 0.5) is 0 Å². The summed E-state index contributed by atoms with van der Waals surface area (Å²) in [4.78, 5) is 41.0. The van der Waals surface area contributed by atoms with Crippen molar-refractivity contribution in [1.82, 2.24) is 15.0 Å². The van der Waals surface area contributed by atoms with Gasteiger partial charge in [-0.3, -0.25) is 14.2 Å². The number of carbonyl (C=O) groups is 2. The van der Waals surface area contributed by atoms with Crippen LogP contribution < -0.4 is 20.8 Å². The van der Waals surface area contributed by atoms with Gasteiger partial charge in [-0.1, -0.05) is 48.2 Å². The molecule has 0 fully saturated rings. The molecule has 35 heavy (non-hydrogen) atoms. The first-order valence-corrected chi connectivity index (χ1v) is 11.4. The number of ether oxygens (including phenoxy) is 1. The molecule has 1 amide bonds. The van der Waals surface area contributed by atoms with Crippen molar-refractivity contribution in [3.63, 3.8) is 0 Å². The second kappa shape index (κ2) is 10.7. The van der Waals surface area contributed by atoms with E-state index in [9.17, 15) is 19.5 Å². The summed E-state index contributed by atoms with van der Waals surface area (Å²) < 4.78 is 6.66. The van der Waals surface area contributed by atoms with Crippen molar-refractivity contribution in [2.75, 3.05) is 12.9 Å². The number of aromatic carboxylic acids is 1. The van der Waals surface area contributed by atoms with Gasteiger partial charge in [0.15, 0.2) is 5.16 Å². The second-order valence-electron chi connectivity index (χ2n) is 7.24. The van der Waals surface area contributed by atoms with E-state index in [1.807, 2.05) is 0 Å². The van der Waals surface area contributed by atoms with Gasteiger partial charge in [-0.2, -0.15) is 5.10 Å². The van der Waals surface area contributed by atoms with Gasteiger partial charge in [0.05, 0.1) is 41.6 Å². The topological polar surface area (TPSA) is 126 Å². The summed E-state index contributed by atoms with van der Waals surface area (Å²) in [6, 6.07) is 19.9. The number of carboxylic acid groups (broad SMARTS) is 1. The minimum atomic E-state index is -1.27. The van der Waals surface area contributed by atoms with E-state index >= 15 is 0 Å². The molecule has 4 rings (SSSR count). The number of thioether (sulfide) groups is 1.